The van der Waals surface area contributed by atoms with Crippen LogP contribution in [0.5, 0.6) is 0 Å². The number of ether oxygens (including phenoxy) is 1. The van der Waals surface area contributed by atoms with Crippen LogP contribution in [-0.4, -0.2) is 26.3 Å². The molecule has 0 saturated carbocycles. The van der Waals surface area contributed by atoms with Crippen molar-refractivity contribution in [3.63, 3.8) is 0 Å². The van der Waals surface area contributed by atoms with Crippen LogP contribution in [0.15, 0.2) is 48.5 Å². The molecule has 1 heterocycles. The third-order valence-corrected chi connectivity index (χ3v) is 5.45. The van der Waals surface area contributed by atoms with Crippen molar-refractivity contribution in [1.82, 2.24) is 5.32 Å². The van der Waals surface area contributed by atoms with Gasteiger partial charge in [-0.3, -0.25) is 0 Å². The van der Waals surface area contributed by atoms with E-state index in [0.29, 0.717) is 11.6 Å². The second-order valence-electron chi connectivity index (χ2n) is 6.43. The van der Waals surface area contributed by atoms with Crippen LogP contribution < -0.4 is 5.32 Å². The first kappa shape index (κ1) is 17.8. The molecule has 0 unspecified atom stereocenters. The maximum atomic E-state index is 6.22. The molecule has 0 aliphatic carbocycles. The Hall–Kier alpha value is -1.06. The van der Waals surface area contributed by atoms with Gasteiger partial charge in [-0.05, 0) is 61.7 Å². The molecule has 0 amide bonds. The predicted molar refractivity (Wildman–Crippen MR) is 101 cm³/mol. The number of hydrogen-bond donors (Lipinski definition) is 1. The van der Waals surface area contributed by atoms with Gasteiger partial charge in [0.2, 0.25) is 0 Å². The summed E-state index contributed by atoms with van der Waals surface area (Å²) in [4.78, 5) is 0. The van der Waals surface area contributed by atoms with Crippen LogP contribution in [0, 0.1) is 0 Å². The van der Waals surface area contributed by atoms with Crippen LogP contribution >= 0.6 is 23.2 Å². The third kappa shape index (κ3) is 4.31. The van der Waals surface area contributed by atoms with Crippen molar-refractivity contribution in [3.05, 3.63) is 69.7 Å². The third-order valence-electron chi connectivity index (χ3n) is 4.85. The molecule has 0 aromatic heterocycles. The number of benzene rings is 2. The Morgan fingerprint density at radius 1 is 1.00 bits per heavy atom. The number of nitrogens with one attached hydrogen (secondary N) is 1. The van der Waals surface area contributed by atoms with E-state index in [2.05, 4.69) is 35.6 Å². The second-order valence-corrected chi connectivity index (χ2v) is 7.28. The van der Waals surface area contributed by atoms with Gasteiger partial charge in [0, 0.05) is 15.5 Å². The fourth-order valence-electron chi connectivity index (χ4n) is 3.40. The van der Waals surface area contributed by atoms with Gasteiger partial charge in [0.25, 0.3) is 0 Å². The van der Waals surface area contributed by atoms with Crippen LogP contribution in [0.3, 0.4) is 0 Å². The van der Waals surface area contributed by atoms with Crippen molar-refractivity contribution in [2.24, 2.45) is 0 Å². The van der Waals surface area contributed by atoms with Gasteiger partial charge >= 0.3 is 0 Å². The summed E-state index contributed by atoms with van der Waals surface area (Å²) in [6, 6.07) is 16.3. The van der Waals surface area contributed by atoms with Crippen molar-refractivity contribution in [2.45, 2.75) is 24.7 Å². The normalized spacial score (nSPS) is 16.9. The molecule has 1 aliphatic rings. The Morgan fingerprint density at radius 3 is 2.50 bits per heavy atom. The van der Waals surface area contributed by atoms with Crippen LogP contribution in [0.1, 0.15) is 24.0 Å². The van der Waals surface area contributed by atoms with Gasteiger partial charge < -0.3 is 10.1 Å². The number of hydrogen-bond acceptors (Lipinski definition) is 2. The number of halogens is 2. The molecule has 3 rings (SSSR count). The smallest absolute Gasteiger partial charge is 0.0564 e. The van der Waals surface area contributed by atoms with Crippen molar-refractivity contribution < 1.29 is 4.74 Å². The van der Waals surface area contributed by atoms with E-state index in [1.165, 1.54) is 5.56 Å². The van der Waals surface area contributed by atoms with Crippen LogP contribution in [0.2, 0.25) is 10.0 Å². The standard InChI is InChI=1S/C20H23Cl2NO/c21-18-6-7-19(22)16(14-18)8-13-24-15-20(9-11-23-12-10-20)17-4-2-1-3-5-17/h1-7,14,23H,8-13,15H2. The van der Waals surface area contributed by atoms with E-state index in [1.54, 1.807) is 0 Å². The molecule has 128 valence electrons. The number of rotatable bonds is 6. The van der Waals surface area contributed by atoms with Gasteiger partial charge in [-0.25, -0.2) is 0 Å². The predicted octanol–water partition coefficient (Wildman–Crippen LogP) is 4.87. The maximum Gasteiger partial charge on any atom is 0.0564 e. The van der Waals surface area contributed by atoms with Gasteiger partial charge in [0.1, 0.15) is 0 Å². The molecule has 2 aromatic rings. The zero-order chi connectivity index (χ0) is 16.8. The summed E-state index contributed by atoms with van der Waals surface area (Å²) in [6.45, 7) is 3.48. The molecule has 24 heavy (non-hydrogen) atoms. The lowest BCUT2D eigenvalue weighted by molar-refractivity contribution is 0.0690. The highest BCUT2D eigenvalue weighted by Gasteiger charge is 2.33. The quantitative estimate of drug-likeness (QED) is 0.738. The molecule has 1 N–H and O–H groups in total. The van der Waals surface area contributed by atoms with Crippen LogP contribution in [0.4, 0.5) is 0 Å². The highest BCUT2D eigenvalue weighted by atomic mass is 35.5. The van der Waals surface area contributed by atoms with Crippen LogP contribution in [-0.2, 0) is 16.6 Å². The first-order valence-corrected chi connectivity index (χ1v) is 9.23. The molecule has 2 nitrogen and oxygen atoms in total. The van der Waals surface area contributed by atoms with E-state index in [0.717, 1.165) is 49.5 Å². The van der Waals surface area contributed by atoms with E-state index in [1.807, 2.05) is 18.2 Å². The van der Waals surface area contributed by atoms with E-state index in [-0.39, 0.29) is 5.41 Å². The molecular formula is C20H23Cl2NO. The van der Waals surface area contributed by atoms with Crippen molar-refractivity contribution in [1.29, 1.82) is 0 Å². The van der Waals surface area contributed by atoms with E-state index in [4.69, 9.17) is 27.9 Å². The Balaban J connectivity index is 1.61. The lowest BCUT2D eigenvalue weighted by Gasteiger charge is -2.38. The lowest BCUT2D eigenvalue weighted by Crippen LogP contribution is -2.43. The Morgan fingerprint density at radius 2 is 1.75 bits per heavy atom. The summed E-state index contributed by atoms with van der Waals surface area (Å²) in [6.07, 6.45) is 2.99. The summed E-state index contributed by atoms with van der Waals surface area (Å²) in [7, 11) is 0. The van der Waals surface area contributed by atoms with E-state index >= 15 is 0 Å². The highest BCUT2D eigenvalue weighted by molar-refractivity contribution is 6.33. The summed E-state index contributed by atoms with van der Waals surface area (Å²) >= 11 is 12.3. The molecule has 1 saturated heterocycles. The van der Waals surface area contributed by atoms with E-state index < -0.39 is 0 Å². The van der Waals surface area contributed by atoms with Gasteiger partial charge in [0.15, 0.2) is 0 Å². The summed E-state index contributed by atoms with van der Waals surface area (Å²) in [5.41, 5.74) is 2.54. The minimum absolute atomic E-state index is 0.116. The monoisotopic (exact) mass is 363 g/mol. The van der Waals surface area contributed by atoms with Crippen molar-refractivity contribution in [3.8, 4) is 0 Å². The molecule has 1 aliphatic heterocycles. The molecule has 0 spiro atoms. The average Bonchev–Trinajstić information content (AvgIpc) is 2.63. The van der Waals surface area contributed by atoms with E-state index in [9.17, 15) is 0 Å². The van der Waals surface area contributed by atoms with Gasteiger partial charge in [0.05, 0.1) is 13.2 Å². The molecule has 0 radical (unpaired) electrons. The number of piperidine rings is 1. The first-order valence-electron chi connectivity index (χ1n) is 8.48. The van der Waals surface area contributed by atoms with Gasteiger partial charge in [-0.1, -0.05) is 53.5 Å². The average molecular weight is 364 g/mol. The summed E-state index contributed by atoms with van der Waals surface area (Å²) in [5, 5.41) is 4.92. The zero-order valence-electron chi connectivity index (χ0n) is 13.7. The Labute approximate surface area is 154 Å². The zero-order valence-corrected chi connectivity index (χ0v) is 15.2. The minimum atomic E-state index is 0.116. The molecule has 0 atom stereocenters. The Bertz CT molecular complexity index is 654. The fraction of sp³-hybridized carbons (Fsp3) is 0.400. The highest BCUT2D eigenvalue weighted by Crippen LogP contribution is 2.34. The van der Waals surface area contributed by atoms with Gasteiger partial charge in [-0.2, -0.15) is 0 Å². The molecule has 4 heteroatoms. The summed E-state index contributed by atoms with van der Waals surface area (Å²) < 4.78 is 6.10. The lowest BCUT2D eigenvalue weighted by atomic mass is 9.74. The maximum absolute atomic E-state index is 6.22. The second kappa shape index (κ2) is 8.35. The topological polar surface area (TPSA) is 21.3 Å². The van der Waals surface area contributed by atoms with Crippen LogP contribution in [0.25, 0.3) is 0 Å². The first-order chi connectivity index (χ1) is 11.7. The Kier molecular flexibility index (Phi) is 6.18. The molecular weight excluding hydrogens is 341 g/mol. The fourth-order valence-corrected chi connectivity index (χ4v) is 3.80. The van der Waals surface area contributed by atoms with Gasteiger partial charge in [-0.15, -0.1) is 0 Å². The SMILES string of the molecule is Clc1ccc(Cl)c(CCOCC2(c3ccccc3)CCNCC2)c1. The molecule has 1 fully saturated rings. The van der Waals surface area contributed by atoms with Crippen molar-refractivity contribution >= 4 is 23.2 Å². The molecule has 2 aromatic carbocycles. The largest absolute Gasteiger partial charge is 0.380 e. The van der Waals surface area contributed by atoms with Crippen molar-refractivity contribution in [2.75, 3.05) is 26.3 Å². The minimum Gasteiger partial charge on any atom is -0.380 e. The summed E-state index contributed by atoms with van der Waals surface area (Å²) in [5.74, 6) is 0. The molecule has 0 bridgehead atoms.